The molecule has 0 amide bonds. The van der Waals surface area contributed by atoms with Gasteiger partial charge in [-0.05, 0) is 35.2 Å². The van der Waals surface area contributed by atoms with Gasteiger partial charge >= 0.3 is 0 Å². The molecule has 2 aromatic rings. The van der Waals surface area contributed by atoms with Gasteiger partial charge in [0.2, 0.25) is 0 Å². The van der Waals surface area contributed by atoms with E-state index in [1.54, 1.807) is 24.7 Å². The molecule has 1 N–H and O–H groups in total. The van der Waals surface area contributed by atoms with Gasteiger partial charge in [-0.1, -0.05) is 19.1 Å². The molecular formula is C14H13FN2. The minimum Gasteiger partial charge on any atom is -0.348 e. The summed E-state index contributed by atoms with van der Waals surface area (Å²) in [5.41, 5.74) is 4.30. The van der Waals surface area contributed by atoms with Crippen LogP contribution in [0.2, 0.25) is 0 Å². The van der Waals surface area contributed by atoms with Crippen LogP contribution in [0.3, 0.4) is 0 Å². The van der Waals surface area contributed by atoms with Gasteiger partial charge in [-0.2, -0.15) is 0 Å². The van der Waals surface area contributed by atoms with Crippen molar-refractivity contribution in [1.29, 1.82) is 0 Å². The van der Waals surface area contributed by atoms with Crippen molar-refractivity contribution in [2.24, 2.45) is 0 Å². The number of hydrogen-bond acceptors (Lipinski definition) is 1. The lowest BCUT2D eigenvalue weighted by atomic mass is 9.91. The number of fused-ring (bicyclic) bond motifs is 1. The van der Waals surface area contributed by atoms with Crippen LogP contribution in [0.15, 0.2) is 30.7 Å². The van der Waals surface area contributed by atoms with E-state index < -0.39 is 0 Å². The summed E-state index contributed by atoms with van der Waals surface area (Å²) in [7, 11) is 0. The molecular weight excluding hydrogens is 215 g/mol. The quantitative estimate of drug-likeness (QED) is 0.839. The number of hydrogen-bond donors (Lipinski definition) is 1. The van der Waals surface area contributed by atoms with Crippen molar-refractivity contribution in [3.8, 4) is 0 Å². The third-order valence-corrected chi connectivity index (χ3v) is 3.36. The lowest BCUT2D eigenvalue weighted by molar-refractivity contribution is 0.622. The third kappa shape index (κ3) is 1.68. The first-order valence-electron chi connectivity index (χ1n) is 5.73. The Morgan fingerprint density at radius 3 is 3.06 bits per heavy atom. The molecule has 1 aliphatic rings. The number of nitrogens with one attached hydrogen (secondary N) is 1. The van der Waals surface area contributed by atoms with E-state index in [1.165, 1.54) is 5.56 Å². The Hall–Kier alpha value is -1.90. The molecule has 1 heterocycles. The van der Waals surface area contributed by atoms with Crippen LogP contribution in [0.1, 0.15) is 35.2 Å². The van der Waals surface area contributed by atoms with Crippen molar-refractivity contribution < 1.29 is 4.39 Å². The predicted octanol–water partition coefficient (Wildman–Crippen LogP) is 3.27. The Morgan fingerprint density at radius 1 is 1.41 bits per heavy atom. The number of aromatic amines is 1. The molecule has 1 aliphatic carbocycles. The molecule has 0 saturated heterocycles. The van der Waals surface area contributed by atoms with Crippen LogP contribution >= 0.6 is 0 Å². The van der Waals surface area contributed by atoms with E-state index in [0.717, 1.165) is 23.2 Å². The average molecular weight is 228 g/mol. The van der Waals surface area contributed by atoms with E-state index in [1.807, 2.05) is 6.08 Å². The van der Waals surface area contributed by atoms with E-state index in [9.17, 15) is 4.39 Å². The molecule has 0 fully saturated rings. The molecule has 0 radical (unpaired) electrons. The minimum absolute atomic E-state index is 0.141. The van der Waals surface area contributed by atoms with Crippen LogP contribution in [0.4, 0.5) is 4.39 Å². The van der Waals surface area contributed by atoms with Crippen molar-refractivity contribution in [1.82, 2.24) is 9.97 Å². The largest absolute Gasteiger partial charge is 0.348 e. The number of nitrogens with zero attached hydrogens (tertiary/aromatic N) is 1. The molecule has 1 unspecified atom stereocenters. The van der Waals surface area contributed by atoms with Crippen molar-refractivity contribution in [3.63, 3.8) is 0 Å². The number of aromatic nitrogens is 2. The summed E-state index contributed by atoms with van der Waals surface area (Å²) < 4.78 is 13.6. The number of benzene rings is 1. The standard InChI is InChI=1S/C14H13FN2/c1-9(14-7-16-8-17-14)13-6-11(15)5-10-3-2-4-12(10)13/h2-3,5-9H,4H2,1H3,(H,16,17). The van der Waals surface area contributed by atoms with Crippen molar-refractivity contribution in [2.45, 2.75) is 19.3 Å². The maximum absolute atomic E-state index is 13.6. The minimum atomic E-state index is -0.170. The fourth-order valence-corrected chi connectivity index (χ4v) is 2.43. The monoisotopic (exact) mass is 228 g/mol. The smallest absolute Gasteiger partial charge is 0.124 e. The SMILES string of the molecule is CC(c1cnc[nH]1)c1cc(F)cc2c1CC=C2. The topological polar surface area (TPSA) is 28.7 Å². The van der Waals surface area contributed by atoms with Crippen molar-refractivity contribution in [3.05, 3.63) is 58.9 Å². The number of allylic oxidation sites excluding steroid dienone is 1. The lowest BCUT2D eigenvalue weighted by Crippen LogP contribution is -2.02. The van der Waals surface area contributed by atoms with Gasteiger partial charge in [0.05, 0.1) is 6.33 Å². The Labute approximate surface area is 99.2 Å². The van der Waals surface area contributed by atoms with Crippen molar-refractivity contribution in [2.75, 3.05) is 0 Å². The van der Waals surface area contributed by atoms with E-state index in [4.69, 9.17) is 0 Å². The first-order valence-corrected chi connectivity index (χ1v) is 5.73. The molecule has 2 nitrogen and oxygen atoms in total. The van der Waals surface area contributed by atoms with Gasteiger partial charge in [-0.25, -0.2) is 9.37 Å². The number of rotatable bonds is 2. The van der Waals surface area contributed by atoms with Gasteiger partial charge in [0.25, 0.3) is 0 Å². The van der Waals surface area contributed by atoms with Crippen LogP contribution in [-0.4, -0.2) is 9.97 Å². The van der Waals surface area contributed by atoms with E-state index in [0.29, 0.717) is 0 Å². The highest BCUT2D eigenvalue weighted by Gasteiger charge is 2.18. The fraction of sp³-hybridized carbons (Fsp3) is 0.214. The molecule has 17 heavy (non-hydrogen) atoms. The number of H-pyrrole nitrogens is 1. The van der Waals surface area contributed by atoms with Gasteiger partial charge in [-0.3, -0.25) is 0 Å². The first kappa shape index (κ1) is 10.3. The average Bonchev–Trinajstić information content (AvgIpc) is 2.97. The molecule has 3 rings (SSSR count). The van der Waals surface area contributed by atoms with Crippen LogP contribution in [-0.2, 0) is 6.42 Å². The third-order valence-electron chi connectivity index (χ3n) is 3.36. The maximum atomic E-state index is 13.6. The second kappa shape index (κ2) is 3.84. The molecule has 1 atom stereocenters. The van der Waals surface area contributed by atoms with E-state index >= 15 is 0 Å². The first-order chi connectivity index (χ1) is 8.25. The van der Waals surface area contributed by atoms with Gasteiger partial charge < -0.3 is 4.98 Å². The normalized spacial score (nSPS) is 14.9. The number of imidazole rings is 1. The van der Waals surface area contributed by atoms with Gasteiger partial charge in [0.15, 0.2) is 0 Å². The zero-order valence-electron chi connectivity index (χ0n) is 9.57. The molecule has 1 aromatic heterocycles. The van der Waals surface area contributed by atoms with Crippen LogP contribution < -0.4 is 0 Å². The second-order valence-corrected chi connectivity index (χ2v) is 4.40. The fourth-order valence-electron chi connectivity index (χ4n) is 2.43. The summed E-state index contributed by atoms with van der Waals surface area (Å²) in [6.07, 6.45) is 8.41. The lowest BCUT2D eigenvalue weighted by Gasteiger charge is -2.15. The van der Waals surface area contributed by atoms with Crippen LogP contribution in [0, 0.1) is 5.82 Å². The van der Waals surface area contributed by atoms with Crippen LogP contribution in [0.5, 0.6) is 0 Å². The summed E-state index contributed by atoms with van der Waals surface area (Å²) in [5.74, 6) is -0.0292. The predicted molar refractivity (Wildman–Crippen MR) is 65.2 cm³/mol. The van der Waals surface area contributed by atoms with Crippen LogP contribution in [0.25, 0.3) is 6.08 Å². The van der Waals surface area contributed by atoms with Gasteiger partial charge in [-0.15, -0.1) is 0 Å². The van der Waals surface area contributed by atoms with Crippen molar-refractivity contribution >= 4 is 6.08 Å². The molecule has 86 valence electrons. The Bertz CT molecular complexity index is 570. The molecule has 1 aromatic carbocycles. The second-order valence-electron chi connectivity index (χ2n) is 4.40. The zero-order chi connectivity index (χ0) is 11.8. The highest BCUT2D eigenvalue weighted by molar-refractivity contribution is 5.63. The molecule has 0 spiro atoms. The van der Waals surface area contributed by atoms with Gasteiger partial charge in [0.1, 0.15) is 5.82 Å². The Balaban J connectivity index is 2.10. The highest BCUT2D eigenvalue weighted by Crippen LogP contribution is 2.32. The zero-order valence-corrected chi connectivity index (χ0v) is 9.57. The maximum Gasteiger partial charge on any atom is 0.124 e. The van der Waals surface area contributed by atoms with Gasteiger partial charge in [0, 0.05) is 17.8 Å². The Kier molecular flexibility index (Phi) is 2.32. The van der Waals surface area contributed by atoms with E-state index in [-0.39, 0.29) is 11.7 Å². The highest BCUT2D eigenvalue weighted by atomic mass is 19.1. The molecule has 0 aliphatic heterocycles. The summed E-state index contributed by atoms with van der Waals surface area (Å²) in [4.78, 5) is 7.11. The summed E-state index contributed by atoms with van der Waals surface area (Å²) in [6.45, 7) is 2.07. The summed E-state index contributed by atoms with van der Waals surface area (Å²) in [6, 6.07) is 3.24. The molecule has 0 saturated carbocycles. The van der Waals surface area contributed by atoms with E-state index in [2.05, 4.69) is 23.0 Å². The Morgan fingerprint density at radius 2 is 2.29 bits per heavy atom. The summed E-state index contributed by atoms with van der Waals surface area (Å²) in [5, 5.41) is 0. The number of halogens is 1. The summed E-state index contributed by atoms with van der Waals surface area (Å²) >= 11 is 0. The molecule has 3 heteroatoms. The molecule has 0 bridgehead atoms.